The van der Waals surface area contributed by atoms with Crippen molar-refractivity contribution in [1.82, 2.24) is 4.98 Å². The summed E-state index contributed by atoms with van der Waals surface area (Å²) in [6.07, 6.45) is 8.05. The molecule has 0 aliphatic heterocycles. The summed E-state index contributed by atoms with van der Waals surface area (Å²) < 4.78 is 0. The van der Waals surface area contributed by atoms with E-state index in [2.05, 4.69) is 145 Å². The van der Waals surface area contributed by atoms with Crippen LogP contribution in [-0.4, -0.2) is 15.9 Å². The van der Waals surface area contributed by atoms with E-state index in [1.165, 1.54) is 66.7 Å². The molecule has 6 aromatic rings. The number of hydrogen-bond acceptors (Lipinski definition) is 3. The Balaban J connectivity index is 0.000000333. The molecule has 5 aromatic carbocycles. The van der Waals surface area contributed by atoms with Crippen LogP contribution in [0.4, 0.5) is 0 Å². The maximum Gasteiger partial charge on any atom is 0.162 e. The summed E-state index contributed by atoms with van der Waals surface area (Å²) in [5, 5.41) is 14.6. The third-order valence-corrected chi connectivity index (χ3v) is 11.4. The third kappa shape index (κ3) is 9.35. The monoisotopic (exact) mass is 935 g/mol. The van der Waals surface area contributed by atoms with Gasteiger partial charge in [0.1, 0.15) is 0 Å². The Morgan fingerprint density at radius 1 is 0.684 bits per heavy atom. The first-order valence-corrected chi connectivity index (χ1v) is 20.7. The van der Waals surface area contributed by atoms with E-state index in [9.17, 15) is 9.90 Å². The molecular formula is C53H60IrNO2-. The fraction of sp³-hybridized carbons (Fsp3) is 0.358. The molecule has 1 radical (unpaired) electrons. The molecule has 1 aliphatic rings. The zero-order valence-electron chi connectivity index (χ0n) is 35.6. The summed E-state index contributed by atoms with van der Waals surface area (Å²) >= 11 is 0. The van der Waals surface area contributed by atoms with E-state index in [0.717, 1.165) is 48.7 Å². The number of aliphatic hydroxyl groups excluding tert-OH is 1. The van der Waals surface area contributed by atoms with E-state index in [4.69, 9.17) is 4.98 Å². The number of rotatable bonds is 9. The zero-order chi connectivity index (χ0) is 40.4. The smallest absolute Gasteiger partial charge is 0.162 e. The number of carbonyl (C=O) groups excluding carboxylic acids is 1. The van der Waals surface area contributed by atoms with E-state index < -0.39 is 0 Å². The van der Waals surface area contributed by atoms with Crippen LogP contribution >= 0.6 is 0 Å². The minimum Gasteiger partial charge on any atom is -0.512 e. The van der Waals surface area contributed by atoms with Gasteiger partial charge in [0.25, 0.3) is 0 Å². The standard InChI is InChI=1S/C40H36N.C13H24O2.Ir/c1-39(2,3)23-25-18-19-31-32-16-11-17-33-37(32)35(30-15-10-9-14-29(30)34(31)20-25)24-41-38(33)27-21-26-12-7-8-13-28(26)36(22-27)40(4,5)6;1-5-10(6-2)12(14)9-13(15)11(7-3)8-4;/h7-20,22,24H,23H2,1-6H3;9-11,14H,5-8H2,1-4H3;/q-1;;/b;12-9-;. The van der Waals surface area contributed by atoms with Crippen LogP contribution in [-0.2, 0) is 36.7 Å². The predicted octanol–water partition coefficient (Wildman–Crippen LogP) is 14.9. The van der Waals surface area contributed by atoms with Gasteiger partial charge in [0.15, 0.2) is 5.78 Å². The van der Waals surface area contributed by atoms with Gasteiger partial charge in [-0.1, -0.05) is 159 Å². The minimum atomic E-state index is -0.00405. The number of aromatic nitrogens is 1. The Bertz CT molecular complexity index is 2400. The summed E-state index contributed by atoms with van der Waals surface area (Å²) in [7, 11) is 0. The average molecular weight is 935 g/mol. The number of hydrogen-bond donors (Lipinski definition) is 1. The molecule has 0 unspecified atom stereocenters. The van der Waals surface area contributed by atoms with Gasteiger partial charge in [-0.2, -0.15) is 0 Å². The molecule has 1 aliphatic carbocycles. The first-order valence-electron chi connectivity index (χ1n) is 20.7. The maximum absolute atomic E-state index is 11.7. The number of benzene rings is 5. The van der Waals surface area contributed by atoms with Crippen LogP contribution in [0.15, 0.2) is 109 Å². The van der Waals surface area contributed by atoms with Crippen LogP contribution in [0.25, 0.3) is 66.2 Å². The number of aliphatic hydroxyl groups is 1. The molecule has 299 valence electrons. The summed E-state index contributed by atoms with van der Waals surface area (Å²) in [6, 6.07) is 37.3. The van der Waals surface area contributed by atoms with Crippen molar-refractivity contribution in [3.05, 3.63) is 126 Å². The van der Waals surface area contributed by atoms with Crippen LogP contribution in [0.1, 0.15) is 106 Å². The summed E-state index contributed by atoms with van der Waals surface area (Å²) in [5.74, 6) is 0.547. The van der Waals surface area contributed by atoms with Gasteiger partial charge in [-0.15, -0.1) is 29.1 Å². The van der Waals surface area contributed by atoms with Crippen molar-refractivity contribution in [2.24, 2.45) is 17.3 Å². The van der Waals surface area contributed by atoms with Gasteiger partial charge in [-0.05, 0) is 87.1 Å². The van der Waals surface area contributed by atoms with Crippen molar-refractivity contribution >= 4 is 27.3 Å². The fourth-order valence-electron chi connectivity index (χ4n) is 8.43. The molecule has 0 fully saturated rings. The second kappa shape index (κ2) is 18.0. The Hall–Kier alpha value is -4.37. The van der Waals surface area contributed by atoms with Gasteiger partial charge in [0, 0.05) is 55.5 Å². The van der Waals surface area contributed by atoms with Gasteiger partial charge in [0.2, 0.25) is 0 Å². The summed E-state index contributed by atoms with van der Waals surface area (Å²) in [6.45, 7) is 21.9. The molecular weight excluding hydrogens is 875 g/mol. The van der Waals surface area contributed by atoms with Gasteiger partial charge in [-0.25, -0.2) is 0 Å². The second-order valence-corrected chi connectivity index (χ2v) is 17.8. The molecule has 3 nitrogen and oxygen atoms in total. The molecule has 0 amide bonds. The molecule has 0 saturated carbocycles. The second-order valence-electron chi connectivity index (χ2n) is 17.8. The summed E-state index contributed by atoms with van der Waals surface area (Å²) in [5.41, 5.74) is 12.5. The number of pyridine rings is 1. The van der Waals surface area contributed by atoms with Gasteiger partial charge >= 0.3 is 0 Å². The van der Waals surface area contributed by atoms with E-state index in [0.29, 0.717) is 0 Å². The van der Waals surface area contributed by atoms with Crippen LogP contribution < -0.4 is 0 Å². The van der Waals surface area contributed by atoms with Gasteiger partial charge in [0.05, 0.1) is 5.76 Å². The van der Waals surface area contributed by atoms with E-state index in [1.807, 2.05) is 27.7 Å². The minimum absolute atomic E-state index is 0. The number of ketones is 1. The Kier molecular flexibility index (Phi) is 13.9. The molecule has 0 spiro atoms. The fourth-order valence-corrected chi connectivity index (χ4v) is 8.43. The quantitative estimate of drug-likeness (QED) is 0.0891. The number of allylic oxidation sites excluding steroid dienone is 2. The molecule has 1 aromatic heterocycles. The zero-order valence-corrected chi connectivity index (χ0v) is 38.0. The van der Waals surface area contributed by atoms with E-state index >= 15 is 0 Å². The van der Waals surface area contributed by atoms with Crippen LogP contribution in [0.5, 0.6) is 0 Å². The van der Waals surface area contributed by atoms with E-state index in [-0.39, 0.29) is 54.3 Å². The number of nitrogens with zero attached hydrogens (tertiary/aromatic N) is 1. The van der Waals surface area contributed by atoms with Gasteiger partial charge in [-0.3, -0.25) is 9.78 Å². The summed E-state index contributed by atoms with van der Waals surface area (Å²) in [4.78, 5) is 16.9. The molecule has 4 heteroatoms. The van der Waals surface area contributed by atoms with E-state index in [1.54, 1.807) is 0 Å². The third-order valence-electron chi connectivity index (χ3n) is 11.4. The normalized spacial score (nSPS) is 12.5. The predicted molar refractivity (Wildman–Crippen MR) is 239 cm³/mol. The first kappa shape index (κ1) is 43.7. The number of carbonyl (C=O) groups is 1. The van der Waals surface area contributed by atoms with Crippen molar-refractivity contribution in [1.29, 1.82) is 0 Å². The molecule has 57 heavy (non-hydrogen) atoms. The topological polar surface area (TPSA) is 50.2 Å². The molecule has 0 saturated heterocycles. The van der Waals surface area contributed by atoms with Crippen LogP contribution in [0, 0.1) is 23.3 Å². The molecule has 1 heterocycles. The molecule has 0 atom stereocenters. The van der Waals surface area contributed by atoms with Crippen molar-refractivity contribution < 1.29 is 30.0 Å². The average Bonchev–Trinajstić information content (AvgIpc) is 3.28. The van der Waals surface area contributed by atoms with Crippen LogP contribution in [0.2, 0.25) is 0 Å². The van der Waals surface area contributed by atoms with Crippen molar-refractivity contribution in [2.75, 3.05) is 0 Å². The van der Waals surface area contributed by atoms with Gasteiger partial charge < -0.3 is 5.11 Å². The largest absolute Gasteiger partial charge is 0.512 e. The Morgan fingerprint density at radius 3 is 1.89 bits per heavy atom. The van der Waals surface area contributed by atoms with Crippen molar-refractivity contribution in [2.45, 2.75) is 107 Å². The van der Waals surface area contributed by atoms with Crippen molar-refractivity contribution in [3.63, 3.8) is 0 Å². The Morgan fingerprint density at radius 2 is 1.26 bits per heavy atom. The number of fused-ring (bicyclic) bond motifs is 6. The molecule has 1 N–H and O–H groups in total. The maximum atomic E-state index is 11.7. The Labute approximate surface area is 355 Å². The molecule has 0 bridgehead atoms. The van der Waals surface area contributed by atoms with Crippen LogP contribution in [0.3, 0.4) is 0 Å². The SMILES string of the molecule is CC(C)(C)Cc1ccc2c(c1)-c1ccccc1-c1cnc(-c3[c-]c4ccccc4c(C(C)(C)C)c3)c3cccc-2c13.CCC(CC)C(=O)/C=C(\O)C(CC)CC.[Ir]. The first-order chi connectivity index (χ1) is 26.7. The molecule has 7 rings (SSSR count). The van der Waals surface area contributed by atoms with Crippen molar-refractivity contribution in [3.8, 4) is 44.6 Å².